The molecule has 0 radical (unpaired) electrons. The van der Waals surface area contributed by atoms with E-state index in [1.165, 1.54) is 4.88 Å². The van der Waals surface area contributed by atoms with E-state index in [1.807, 2.05) is 18.2 Å². The summed E-state index contributed by atoms with van der Waals surface area (Å²) >= 11 is 7.92. The summed E-state index contributed by atoms with van der Waals surface area (Å²) in [5.74, 6) is 0.887. The first-order valence-electron chi connectivity index (χ1n) is 6.87. The SMILES string of the molecule is CC(C)N(Cc1cccs1)c1nnc(Cl)c2ccccc12. The van der Waals surface area contributed by atoms with Gasteiger partial charge in [-0.1, -0.05) is 41.9 Å². The van der Waals surface area contributed by atoms with Crippen molar-refractivity contribution in [3.8, 4) is 0 Å². The summed E-state index contributed by atoms with van der Waals surface area (Å²) < 4.78 is 0. The molecule has 2 heterocycles. The second-order valence-corrected chi connectivity index (χ2v) is 6.55. The van der Waals surface area contributed by atoms with E-state index in [2.05, 4.69) is 52.5 Å². The van der Waals surface area contributed by atoms with Gasteiger partial charge in [0.25, 0.3) is 0 Å². The van der Waals surface area contributed by atoms with Crippen LogP contribution in [0.25, 0.3) is 10.8 Å². The molecular formula is C16H16ClN3S. The Labute approximate surface area is 133 Å². The standard InChI is InChI=1S/C16H16ClN3S/c1-11(2)20(10-12-6-5-9-21-12)16-14-8-4-3-7-13(14)15(17)18-19-16/h3-9,11H,10H2,1-2H3. The van der Waals surface area contributed by atoms with Crippen molar-refractivity contribution in [2.75, 3.05) is 4.90 Å². The quantitative estimate of drug-likeness (QED) is 0.694. The highest BCUT2D eigenvalue weighted by Gasteiger charge is 2.17. The maximum Gasteiger partial charge on any atom is 0.159 e. The summed E-state index contributed by atoms with van der Waals surface area (Å²) in [6, 6.07) is 12.6. The van der Waals surface area contributed by atoms with Gasteiger partial charge in [0.05, 0.1) is 6.54 Å². The Balaban J connectivity index is 2.09. The van der Waals surface area contributed by atoms with Crippen LogP contribution in [-0.2, 0) is 6.54 Å². The lowest BCUT2D eigenvalue weighted by molar-refractivity contribution is 0.674. The Bertz CT molecular complexity index is 740. The fourth-order valence-corrected chi connectivity index (χ4v) is 3.25. The zero-order chi connectivity index (χ0) is 14.8. The van der Waals surface area contributed by atoms with Crippen molar-refractivity contribution in [1.82, 2.24) is 10.2 Å². The summed E-state index contributed by atoms with van der Waals surface area (Å²) in [7, 11) is 0. The van der Waals surface area contributed by atoms with Crippen molar-refractivity contribution in [2.45, 2.75) is 26.4 Å². The molecule has 3 aromatic rings. The molecule has 2 aromatic heterocycles. The van der Waals surface area contributed by atoms with E-state index >= 15 is 0 Å². The molecule has 0 bridgehead atoms. The van der Waals surface area contributed by atoms with Gasteiger partial charge >= 0.3 is 0 Å². The predicted octanol–water partition coefficient (Wildman–Crippen LogP) is 4.76. The van der Waals surface area contributed by atoms with Crippen LogP contribution in [0.5, 0.6) is 0 Å². The molecule has 0 aliphatic heterocycles. The number of aromatic nitrogens is 2. The maximum atomic E-state index is 6.17. The Morgan fingerprint density at radius 1 is 1.10 bits per heavy atom. The molecule has 108 valence electrons. The minimum absolute atomic E-state index is 0.325. The summed E-state index contributed by atoms with van der Waals surface area (Å²) in [6.45, 7) is 5.16. The van der Waals surface area contributed by atoms with E-state index < -0.39 is 0 Å². The molecule has 0 atom stereocenters. The molecule has 0 spiro atoms. The van der Waals surface area contributed by atoms with Crippen LogP contribution < -0.4 is 4.90 Å². The van der Waals surface area contributed by atoms with E-state index in [0.29, 0.717) is 11.2 Å². The van der Waals surface area contributed by atoms with Gasteiger partial charge in [0.2, 0.25) is 0 Å². The molecule has 0 aliphatic carbocycles. The molecule has 0 saturated heterocycles. The van der Waals surface area contributed by atoms with Crippen molar-refractivity contribution < 1.29 is 0 Å². The first-order chi connectivity index (χ1) is 10.2. The summed E-state index contributed by atoms with van der Waals surface area (Å²) in [5.41, 5.74) is 0. The molecule has 3 rings (SSSR count). The van der Waals surface area contributed by atoms with E-state index in [9.17, 15) is 0 Å². The predicted molar refractivity (Wildman–Crippen MR) is 90.2 cm³/mol. The Hall–Kier alpha value is -1.65. The number of nitrogens with zero attached hydrogens (tertiary/aromatic N) is 3. The minimum Gasteiger partial charge on any atom is -0.347 e. The minimum atomic E-state index is 0.325. The highest BCUT2D eigenvalue weighted by molar-refractivity contribution is 7.09. The monoisotopic (exact) mass is 317 g/mol. The lowest BCUT2D eigenvalue weighted by Crippen LogP contribution is -2.31. The van der Waals surface area contributed by atoms with Crippen molar-refractivity contribution >= 4 is 39.5 Å². The first kappa shape index (κ1) is 14.3. The van der Waals surface area contributed by atoms with Gasteiger partial charge in [-0.05, 0) is 25.3 Å². The fraction of sp³-hybridized carbons (Fsp3) is 0.250. The molecule has 0 unspecified atom stereocenters. The van der Waals surface area contributed by atoms with E-state index in [0.717, 1.165) is 23.1 Å². The average molecular weight is 318 g/mol. The Morgan fingerprint density at radius 2 is 1.86 bits per heavy atom. The molecule has 0 fully saturated rings. The molecule has 0 saturated carbocycles. The third kappa shape index (κ3) is 2.87. The van der Waals surface area contributed by atoms with Crippen LogP contribution in [0.2, 0.25) is 5.15 Å². The lowest BCUT2D eigenvalue weighted by atomic mass is 10.1. The lowest BCUT2D eigenvalue weighted by Gasteiger charge is -2.28. The molecular weight excluding hydrogens is 302 g/mol. The second kappa shape index (κ2) is 6.00. The third-order valence-corrected chi connectivity index (χ3v) is 4.56. The average Bonchev–Trinajstić information content (AvgIpc) is 2.99. The molecule has 0 amide bonds. The zero-order valence-electron chi connectivity index (χ0n) is 12.0. The van der Waals surface area contributed by atoms with Crippen LogP contribution >= 0.6 is 22.9 Å². The summed E-state index contributed by atoms with van der Waals surface area (Å²) in [6.07, 6.45) is 0. The molecule has 0 aliphatic rings. The number of anilines is 1. The largest absolute Gasteiger partial charge is 0.347 e. The maximum absolute atomic E-state index is 6.17. The normalized spacial score (nSPS) is 11.2. The van der Waals surface area contributed by atoms with Crippen LogP contribution in [-0.4, -0.2) is 16.2 Å². The second-order valence-electron chi connectivity index (χ2n) is 5.16. The first-order valence-corrected chi connectivity index (χ1v) is 8.12. The van der Waals surface area contributed by atoms with Gasteiger partial charge < -0.3 is 4.90 Å². The zero-order valence-corrected chi connectivity index (χ0v) is 13.5. The third-order valence-electron chi connectivity index (χ3n) is 3.42. The highest BCUT2D eigenvalue weighted by atomic mass is 35.5. The molecule has 5 heteroatoms. The van der Waals surface area contributed by atoms with Crippen molar-refractivity contribution in [1.29, 1.82) is 0 Å². The van der Waals surface area contributed by atoms with Crippen molar-refractivity contribution in [3.63, 3.8) is 0 Å². The van der Waals surface area contributed by atoms with Crippen molar-refractivity contribution in [3.05, 3.63) is 51.8 Å². The van der Waals surface area contributed by atoms with Gasteiger partial charge in [-0.25, -0.2) is 0 Å². The van der Waals surface area contributed by atoms with Crippen LogP contribution in [0.3, 0.4) is 0 Å². The highest BCUT2D eigenvalue weighted by Crippen LogP contribution is 2.30. The number of fused-ring (bicyclic) bond motifs is 1. The van der Waals surface area contributed by atoms with Gasteiger partial charge in [0.1, 0.15) is 0 Å². The number of thiophene rings is 1. The number of benzene rings is 1. The van der Waals surface area contributed by atoms with Gasteiger partial charge in [-0.2, -0.15) is 0 Å². The van der Waals surface area contributed by atoms with Gasteiger partial charge in [0.15, 0.2) is 11.0 Å². The van der Waals surface area contributed by atoms with Crippen LogP contribution in [0.4, 0.5) is 5.82 Å². The van der Waals surface area contributed by atoms with Crippen LogP contribution in [0.1, 0.15) is 18.7 Å². The summed E-state index contributed by atoms with van der Waals surface area (Å²) in [4.78, 5) is 3.57. The van der Waals surface area contributed by atoms with Gasteiger partial charge in [-0.15, -0.1) is 21.5 Å². The Kier molecular flexibility index (Phi) is 4.08. The van der Waals surface area contributed by atoms with Crippen LogP contribution in [0, 0.1) is 0 Å². The molecule has 3 nitrogen and oxygen atoms in total. The number of hydrogen-bond acceptors (Lipinski definition) is 4. The van der Waals surface area contributed by atoms with Gasteiger partial charge in [0, 0.05) is 21.7 Å². The number of hydrogen-bond donors (Lipinski definition) is 0. The van der Waals surface area contributed by atoms with E-state index in [1.54, 1.807) is 11.3 Å². The Morgan fingerprint density at radius 3 is 2.52 bits per heavy atom. The van der Waals surface area contributed by atoms with Gasteiger partial charge in [-0.3, -0.25) is 0 Å². The van der Waals surface area contributed by atoms with Crippen molar-refractivity contribution in [2.24, 2.45) is 0 Å². The van der Waals surface area contributed by atoms with E-state index in [4.69, 9.17) is 11.6 Å². The van der Waals surface area contributed by atoms with Crippen LogP contribution in [0.15, 0.2) is 41.8 Å². The molecule has 1 aromatic carbocycles. The molecule has 21 heavy (non-hydrogen) atoms. The van der Waals surface area contributed by atoms with E-state index in [-0.39, 0.29) is 0 Å². The smallest absolute Gasteiger partial charge is 0.159 e. The molecule has 0 N–H and O–H groups in total. The summed E-state index contributed by atoms with van der Waals surface area (Å²) in [5, 5.41) is 13.0. The topological polar surface area (TPSA) is 29.0 Å². The number of halogens is 1. The fourth-order valence-electron chi connectivity index (χ4n) is 2.34. The number of rotatable bonds is 4.